The van der Waals surface area contributed by atoms with Crippen molar-refractivity contribution in [2.75, 3.05) is 18.9 Å². The van der Waals surface area contributed by atoms with Crippen LogP contribution in [0.5, 0.6) is 0 Å². The molecule has 31 heavy (non-hydrogen) atoms. The van der Waals surface area contributed by atoms with E-state index in [-0.39, 0.29) is 18.1 Å². The third-order valence-electron chi connectivity index (χ3n) is 5.93. The van der Waals surface area contributed by atoms with E-state index in [0.29, 0.717) is 24.5 Å². The summed E-state index contributed by atoms with van der Waals surface area (Å²) in [6.45, 7) is 2.47. The van der Waals surface area contributed by atoms with Gasteiger partial charge in [-0.15, -0.1) is 0 Å². The Bertz CT molecular complexity index is 1280. The van der Waals surface area contributed by atoms with Gasteiger partial charge in [0.1, 0.15) is 23.5 Å². The van der Waals surface area contributed by atoms with E-state index in [2.05, 4.69) is 25.6 Å². The molecule has 0 spiro atoms. The molecule has 0 bridgehead atoms. The number of anilines is 1. The Morgan fingerprint density at radius 2 is 2.16 bits per heavy atom. The highest BCUT2D eigenvalue weighted by molar-refractivity contribution is 6.02. The summed E-state index contributed by atoms with van der Waals surface area (Å²) in [6.07, 6.45) is 3.53. The number of fused-ring (bicyclic) bond motifs is 2. The Morgan fingerprint density at radius 3 is 2.90 bits per heavy atom. The van der Waals surface area contributed by atoms with Gasteiger partial charge in [-0.1, -0.05) is 12.1 Å². The molecule has 9 nitrogen and oxygen atoms in total. The molecule has 0 unspecified atom stereocenters. The minimum atomic E-state index is -0.304. The number of hydrogen-bond donors (Lipinski definition) is 4. The van der Waals surface area contributed by atoms with Crippen molar-refractivity contribution in [3.63, 3.8) is 0 Å². The van der Waals surface area contributed by atoms with Gasteiger partial charge in [0.25, 0.3) is 5.91 Å². The highest BCUT2D eigenvalue weighted by atomic mass is 16.3. The number of H-pyrrole nitrogens is 1. The van der Waals surface area contributed by atoms with Gasteiger partial charge in [-0.05, 0) is 38.3 Å². The molecule has 0 saturated heterocycles. The van der Waals surface area contributed by atoms with Crippen molar-refractivity contribution in [3.8, 4) is 11.3 Å². The zero-order chi connectivity index (χ0) is 21.5. The molecular formula is C22H25N7O2. The summed E-state index contributed by atoms with van der Waals surface area (Å²) in [5, 5.41) is 22.7. The largest absolute Gasteiger partial charge is 0.393 e. The number of carbonyl (C=O) groups excluding carboxylic acids is 1. The molecule has 0 radical (unpaired) electrons. The minimum absolute atomic E-state index is 0.101. The van der Waals surface area contributed by atoms with Crippen molar-refractivity contribution in [3.05, 3.63) is 36.3 Å². The van der Waals surface area contributed by atoms with Crippen LogP contribution in [0.15, 0.2) is 30.6 Å². The number of nitrogens with zero attached hydrogens (tertiary/aromatic N) is 4. The van der Waals surface area contributed by atoms with Crippen LogP contribution in [0.1, 0.15) is 42.7 Å². The second kappa shape index (κ2) is 7.66. The van der Waals surface area contributed by atoms with E-state index in [0.717, 1.165) is 46.0 Å². The van der Waals surface area contributed by atoms with Crippen LogP contribution >= 0.6 is 0 Å². The smallest absolute Gasteiger partial charge is 0.267 e. The number of aliphatic hydroxyl groups excluding tert-OH is 1. The fourth-order valence-corrected chi connectivity index (χ4v) is 4.43. The summed E-state index contributed by atoms with van der Waals surface area (Å²) in [4.78, 5) is 24.3. The first kappa shape index (κ1) is 19.5. The lowest BCUT2D eigenvalue weighted by atomic mass is 10.1. The number of amides is 1. The molecule has 1 aliphatic carbocycles. The molecule has 5 rings (SSSR count). The first-order valence-electron chi connectivity index (χ1n) is 10.6. The van der Waals surface area contributed by atoms with E-state index in [9.17, 15) is 9.90 Å². The molecule has 0 aliphatic heterocycles. The van der Waals surface area contributed by atoms with Gasteiger partial charge in [0.05, 0.1) is 17.5 Å². The molecule has 1 fully saturated rings. The lowest BCUT2D eigenvalue weighted by molar-refractivity contribution is 0.0951. The predicted molar refractivity (Wildman–Crippen MR) is 119 cm³/mol. The Labute approximate surface area is 178 Å². The average molecular weight is 419 g/mol. The number of rotatable bonds is 5. The molecule has 9 heteroatoms. The van der Waals surface area contributed by atoms with Crippen molar-refractivity contribution >= 4 is 33.7 Å². The van der Waals surface area contributed by atoms with Crippen molar-refractivity contribution in [1.29, 1.82) is 0 Å². The van der Waals surface area contributed by atoms with Crippen LogP contribution in [0.25, 0.3) is 33.2 Å². The van der Waals surface area contributed by atoms with Gasteiger partial charge >= 0.3 is 0 Å². The van der Waals surface area contributed by atoms with Crippen molar-refractivity contribution in [2.24, 2.45) is 0 Å². The van der Waals surface area contributed by atoms with E-state index in [4.69, 9.17) is 5.10 Å². The van der Waals surface area contributed by atoms with Gasteiger partial charge in [-0.2, -0.15) is 5.10 Å². The van der Waals surface area contributed by atoms with Crippen molar-refractivity contribution < 1.29 is 9.90 Å². The number of aromatic amines is 1. The summed E-state index contributed by atoms with van der Waals surface area (Å²) < 4.78 is 1.93. The topological polar surface area (TPSA) is 121 Å². The second-order valence-electron chi connectivity index (χ2n) is 7.93. The molecule has 2 atom stereocenters. The average Bonchev–Trinajstić information content (AvgIpc) is 3.49. The summed E-state index contributed by atoms with van der Waals surface area (Å²) in [7, 11) is 1.83. The highest BCUT2D eigenvalue weighted by Gasteiger charge is 2.29. The van der Waals surface area contributed by atoms with Crippen LogP contribution in [-0.4, -0.2) is 55.4 Å². The number of benzene rings is 1. The van der Waals surface area contributed by atoms with E-state index in [1.807, 2.05) is 42.9 Å². The van der Waals surface area contributed by atoms with Gasteiger partial charge in [-0.25, -0.2) is 14.6 Å². The van der Waals surface area contributed by atoms with Crippen LogP contribution < -0.4 is 10.6 Å². The van der Waals surface area contributed by atoms with Crippen molar-refractivity contribution in [1.82, 2.24) is 30.0 Å². The Balaban J connectivity index is 1.65. The molecule has 1 amide bonds. The van der Waals surface area contributed by atoms with E-state index in [1.165, 1.54) is 6.33 Å². The zero-order valence-electron chi connectivity index (χ0n) is 17.5. The first-order valence-corrected chi connectivity index (χ1v) is 10.6. The summed E-state index contributed by atoms with van der Waals surface area (Å²) in [5.74, 6) is 0.583. The molecule has 4 aromatic rings. The van der Waals surface area contributed by atoms with Gasteiger partial charge in [0.15, 0.2) is 5.65 Å². The molecule has 160 valence electrons. The van der Waals surface area contributed by atoms with Gasteiger partial charge in [-0.3, -0.25) is 4.79 Å². The van der Waals surface area contributed by atoms with Crippen LogP contribution in [0, 0.1) is 0 Å². The number of carbonyl (C=O) groups is 1. The van der Waals surface area contributed by atoms with E-state index < -0.39 is 0 Å². The molecule has 3 aromatic heterocycles. The molecule has 1 aromatic carbocycles. The van der Waals surface area contributed by atoms with Crippen LogP contribution in [0.4, 0.5) is 5.82 Å². The standard InChI is InChI=1S/C22H25N7O2/c1-3-24-22(31)17-8-12-4-5-13(9-16(12)27-17)19-18-20(23-2)25-11-26-21(18)29(28-19)14-6-7-15(30)10-14/h4-5,8-9,11,14-15,27,30H,3,6-7,10H2,1-2H3,(H,24,31)(H,23,25,26)/t14-,15+/m0/s1. The Morgan fingerprint density at radius 1 is 1.29 bits per heavy atom. The fraction of sp³-hybridized carbons (Fsp3) is 0.364. The van der Waals surface area contributed by atoms with Crippen LogP contribution in [-0.2, 0) is 0 Å². The van der Waals surface area contributed by atoms with Crippen LogP contribution in [0.2, 0.25) is 0 Å². The number of aromatic nitrogens is 5. The quantitative estimate of drug-likeness (QED) is 0.395. The third-order valence-corrected chi connectivity index (χ3v) is 5.93. The maximum Gasteiger partial charge on any atom is 0.267 e. The molecule has 3 heterocycles. The van der Waals surface area contributed by atoms with Gasteiger partial charge < -0.3 is 20.7 Å². The van der Waals surface area contributed by atoms with Crippen LogP contribution in [0.3, 0.4) is 0 Å². The molecule has 1 aliphatic rings. The molecule has 4 N–H and O–H groups in total. The van der Waals surface area contributed by atoms with E-state index in [1.54, 1.807) is 0 Å². The Kier molecular flexibility index (Phi) is 4.82. The van der Waals surface area contributed by atoms with Crippen molar-refractivity contribution in [2.45, 2.75) is 38.3 Å². The molecule has 1 saturated carbocycles. The normalized spacial score (nSPS) is 18.7. The SMILES string of the molecule is CCNC(=O)c1cc2ccc(-c3nn([C@H]4CC[C@@H](O)C4)c4ncnc(NC)c34)cc2[nH]1. The summed E-state index contributed by atoms with van der Waals surface area (Å²) >= 11 is 0. The van der Waals surface area contributed by atoms with E-state index >= 15 is 0 Å². The number of hydrogen-bond acceptors (Lipinski definition) is 6. The lowest BCUT2D eigenvalue weighted by Gasteiger charge is -2.10. The van der Waals surface area contributed by atoms with Gasteiger partial charge in [0.2, 0.25) is 0 Å². The number of nitrogens with one attached hydrogen (secondary N) is 3. The third kappa shape index (κ3) is 3.31. The lowest BCUT2D eigenvalue weighted by Crippen LogP contribution is -2.22. The first-order chi connectivity index (χ1) is 15.1. The molecular weight excluding hydrogens is 394 g/mol. The zero-order valence-corrected chi connectivity index (χ0v) is 17.5. The summed E-state index contributed by atoms with van der Waals surface area (Å²) in [5.41, 5.74) is 3.83. The van der Waals surface area contributed by atoms with Gasteiger partial charge in [0, 0.05) is 30.1 Å². The predicted octanol–water partition coefficient (Wildman–Crippen LogP) is 2.85. The second-order valence-corrected chi connectivity index (χ2v) is 7.93. The Hall–Kier alpha value is -3.46. The maximum absolute atomic E-state index is 12.2. The minimum Gasteiger partial charge on any atom is -0.393 e. The monoisotopic (exact) mass is 419 g/mol. The maximum atomic E-state index is 12.2. The number of aliphatic hydroxyl groups is 1. The fourth-order valence-electron chi connectivity index (χ4n) is 4.43. The highest BCUT2D eigenvalue weighted by Crippen LogP contribution is 2.37. The summed E-state index contributed by atoms with van der Waals surface area (Å²) in [6, 6.07) is 7.93.